The number of aromatic nitrogens is 3. The molecule has 3 aromatic rings. The predicted molar refractivity (Wildman–Crippen MR) is 102 cm³/mol. The number of amides is 1. The second-order valence-corrected chi connectivity index (χ2v) is 6.14. The molecule has 2 heterocycles. The number of hydrogen-bond donors (Lipinski definition) is 2. The Morgan fingerprint density at radius 1 is 1.25 bits per heavy atom. The highest BCUT2D eigenvalue weighted by molar-refractivity contribution is 6.30. The van der Waals surface area contributed by atoms with E-state index in [1.807, 2.05) is 0 Å². The zero-order valence-corrected chi connectivity index (χ0v) is 15.6. The van der Waals surface area contributed by atoms with Crippen molar-refractivity contribution in [3.63, 3.8) is 0 Å². The van der Waals surface area contributed by atoms with Crippen LogP contribution in [0.25, 0.3) is 11.0 Å². The van der Waals surface area contributed by atoms with E-state index < -0.39 is 11.9 Å². The molecule has 1 amide bonds. The summed E-state index contributed by atoms with van der Waals surface area (Å²) in [6.45, 7) is 0.343. The van der Waals surface area contributed by atoms with Gasteiger partial charge in [-0.15, -0.1) is 0 Å². The van der Waals surface area contributed by atoms with Gasteiger partial charge < -0.3 is 24.5 Å². The van der Waals surface area contributed by atoms with Crippen LogP contribution < -0.4 is 10.1 Å². The van der Waals surface area contributed by atoms with Gasteiger partial charge in [-0.25, -0.2) is 14.8 Å². The van der Waals surface area contributed by atoms with E-state index in [1.54, 1.807) is 37.4 Å². The van der Waals surface area contributed by atoms with Crippen LogP contribution in [0.2, 0.25) is 5.02 Å². The van der Waals surface area contributed by atoms with Gasteiger partial charge in [0.2, 0.25) is 11.7 Å². The molecule has 0 radical (unpaired) electrons. The lowest BCUT2D eigenvalue weighted by molar-refractivity contribution is -0.116. The minimum absolute atomic E-state index is 0.267. The lowest BCUT2D eigenvalue weighted by Crippen LogP contribution is -2.22. The first-order valence-electron chi connectivity index (χ1n) is 8.25. The zero-order chi connectivity index (χ0) is 20.1. The molecule has 0 aliphatic rings. The third kappa shape index (κ3) is 4.38. The first-order valence-corrected chi connectivity index (χ1v) is 8.63. The van der Waals surface area contributed by atoms with Crippen LogP contribution in [0.3, 0.4) is 0 Å². The van der Waals surface area contributed by atoms with Gasteiger partial charge in [-0.2, -0.15) is 0 Å². The Hall–Kier alpha value is -3.17. The van der Waals surface area contributed by atoms with E-state index in [0.29, 0.717) is 34.2 Å². The van der Waals surface area contributed by atoms with Crippen LogP contribution in [-0.2, 0) is 16.1 Å². The largest absolute Gasteiger partial charge is 0.489 e. The molecule has 10 heteroatoms. The predicted octanol–water partition coefficient (Wildman–Crippen LogP) is 2.45. The Balaban J connectivity index is 1.92. The summed E-state index contributed by atoms with van der Waals surface area (Å²) < 4.78 is 11.9. The number of para-hydroxylation sites is 1. The van der Waals surface area contributed by atoms with Crippen LogP contribution in [0, 0.1) is 0 Å². The molecule has 0 bridgehead atoms. The minimum Gasteiger partial charge on any atom is -0.489 e. The number of carboxylic acids is 1. The number of ether oxygens (including phenoxy) is 2. The average Bonchev–Trinajstić information content (AvgIpc) is 3.03. The monoisotopic (exact) mass is 404 g/mol. The van der Waals surface area contributed by atoms with Gasteiger partial charge in [0.15, 0.2) is 0 Å². The van der Waals surface area contributed by atoms with Crippen molar-refractivity contribution in [1.82, 2.24) is 14.5 Å². The highest BCUT2D eigenvalue weighted by Crippen LogP contribution is 2.27. The third-order valence-corrected chi connectivity index (χ3v) is 3.99. The Morgan fingerprint density at radius 2 is 2.07 bits per heavy atom. The number of methoxy groups -OCH3 is 1. The number of nitrogens with zero attached hydrogens (tertiary/aromatic N) is 3. The fraction of sp³-hybridized carbons (Fsp3) is 0.222. The third-order valence-electron chi connectivity index (χ3n) is 3.76. The number of benzene rings is 1. The van der Waals surface area contributed by atoms with Crippen molar-refractivity contribution in [3.05, 3.63) is 47.4 Å². The Bertz CT molecular complexity index is 1000. The number of nitrogens with one attached hydrogen (secondary N) is 1. The smallest absolute Gasteiger partial charge is 0.372 e. The van der Waals surface area contributed by atoms with Crippen molar-refractivity contribution in [1.29, 1.82) is 0 Å². The summed E-state index contributed by atoms with van der Waals surface area (Å²) in [6, 6.07) is 8.16. The van der Waals surface area contributed by atoms with Gasteiger partial charge in [0.05, 0.1) is 17.1 Å². The summed E-state index contributed by atoms with van der Waals surface area (Å²) in [6.07, 6.45) is 1.40. The number of rotatable bonds is 8. The van der Waals surface area contributed by atoms with Gasteiger partial charge in [-0.3, -0.25) is 4.79 Å². The molecule has 0 atom stereocenters. The summed E-state index contributed by atoms with van der Waals surface area (Å²) in [4.78, 5) is 32.2. The molecule has 1 aromatic carbocycles. The van der Waals surface area contributed by atoms with E-state index in [0.717, 1.165) is 0 Å². The molecule has 0 aliphatic heterocycles. The molecule has 28 heavy (non-hydrogen) atoms. The van der Waals surface area contributed by atoms with E-state index in [4.69, 9.17) is 21.1 Å². The molecule has 0 unspecified atom stereocenters. The molecular formula is C18H17ClN4O5. The molecule has 0 saturated carbocycles. The van der Waals surface area contributed by atoms with Gasteiger partial charge in [-0.05, 0) is 24.3 Å². The van der Waals surface area contributed by atoms with Crippen LogP contribution in [0.1, 0.15) is 10.6 Å². The number of carbonyl (C=O) groups is 2. The molecule has 9 nitrogen and oxygen atoms in total. The Morgan fingerprint density at radius 3 is 2.75 bits per heavy atom. The molecule has 0 saturated heterocycles. The zero-order valence-electron chi connectivity index (χ0n) is 14.9. The number of anilines is 1. The molecule has 3 rings (SSSR count). The maximum Gasteiger partial charge on any atom is 0.372 e. The number of aromatic carboxylic acids is 1. The van der Waals surface area contributed by atoms with E-state index in [2.05, 4.69) is 15.3 Å². The second-order valence-electron chi connectivity index (χ2n) is 5.70. The van der Waals surface area contributed by atoms with Crippen molar-refractivity contribution >= 4 is 40.3 Å². The van der Waals surface area contributed by atoms with Crippen molar-refractivity contribution < 1.29 is 24.2 Å². The Kier molecular flexibility index (Phi) is 6.07. The summed E-state index contributed by atoms with van der Waals surface area (Å²) in [7, 11) is 1.55. The quantitative estimate of drug-likeness (QED) is 0.554. The number of pyridine rings is 1. The van der Waals surface area contributed by atoms with Gasteiger partial charge in [0.25, 0.3) is 0 Å². The van der Waals surface area contributed by atoms with Crippen LogP contribution in [-0.4, -0.2) is 51.8 Å². The first kappa shape index (κ1) is 19.6. The number of imidazole rings is 1. The molecule has 146 valence electrons. The van der Waals surface area contributed by atoms with Crippen LogP contribution >= 0.6 is 11.6 Å². The van der Waals surface area contributed by atoms with E-state index in [-0.39, 0.29) is 19.0 Å². The van der Waals surface area contributed by atoms with E-state index >= 15 is 0 Å². The summed E-state index contributed by atoms with van der Waals surface area (Å²) >= 11 is 5.78. The number of fused-ring (bicyclic) bond motifs is 1. The van der Waals surface area contributed by atoms with Crippen molar-refractivity contribution in [2.24, 2.45) is 0 Å². The summed E-state index contributed by atoms with van der Waals surface area (Å²) in [5, 5.41) is 12.5. The molecule has 0 spiro atoms. The average molecular weight is 405 g/mol. The van der Waals surface area contributed by atoms with Crippen molar-refractivity contribution in [3.8, 4) is 5.75 Å². The lowest BCUT2D eigenvalue weighted by Gasteiger charge is -2.11. The first-order chi connectivity index (χ1) is 13.5. The molecule has 2 N–H and O–H groups in total. The highest BCUT2D eigenvalue weighted by atomic mass is 35.5. The highest BCUT2D eigenvalue weighted by Gasteiger charge is 2.21. The maximum absolute atomic E-state index is 12.5. The van der Waals surface area contributed by atoms with Gasteiger partial charge in [-0.1, -0.05) is 17.7 Å². The number of carboxylic acid groups (broad SMARTS) is 1. The normalized spacial score (nSPS) is 10.8. The molecule has 2 aromatic heterocycles. The van der Waals surface area contributed by atoms with Crippen molar-refractivity contribution in [2.45, 2.75) is 6.54 Å². The van der Waals surface area contributed by atoms with Crippen LogP contribution in [0.15, 0.2) is 36.5 Å². The fourth-order valence-electron chi connectivity index (χ4n) is 2.60. The Labute approximate surface area is 164 Å². The molecule has 0 fully saturated rings. The molecular weight excluding hydrogens is 388 g/mol. The van der Waals surface area contributed by atoms with Gasteiger partial charge >= 0.3 is 5.97 Å². The summed E-state index contributed by atoms with van der Waals surface area (Å²) in [5.41, 5.74) is 0.819. The second kappa shape index (κ2) is 8.68. The van der Waals surface area contributed by atoms with E-state index in [9.17, 15) is 14.7 Å². The van der Waals surface area contributed by atoms with Gasteiger partial charge in [0, 0.05) is 13.3 Å². The lowest BCUT2D eigenvalue weighted by atomic mass is 10.3. The van der Waals surface area contributed by atoms with Gasteiger partial charge in [0.1, 0.15) is 30.2 Å². The summed E-state index contributed by atoms with van der Waals surface area (Å²) in [5.74, 6) is -1.28. The van der Waals surface area contributed by atoms with Crippen molar-refractivity contribution in [2.75, 3.05) is 25.6 Å². The van der Waals surface area contributed by atoms with Crippen LogP contribution in [0.5, 0.6) is 5.75 Å². The number of halogens is 1. The SMILES string of the molecule is COCCOc1cccc2nc(C(=O)O)n(CC(=O)Nc3ccc(Cl)cn3)c12. The number of hydrogen-bond acceptors (Lipinski definition) is 6. The standard InChI is InChI=1S/C18H17ClN4O5/c1-27-7-8-28-13-4-2-3-12-16(13)23(17(21-12)18(25)26)10-15(24)22-14-6-5-11(19)9-20-14/h2-6,9H,7-8,10H2,1H3,(H,25,26)(H,20,22,24). The van der Waals surface area contributed by atoms with E-state index in [1.165, 1.54) is 10.8 Å². The number of carbonyl (C=O) groups excluding carboxylic acids is 1. The fourth-order valence-corrected chi connectivity index (χ4v) is 2.71. The topological polar surface area (TPSA) is 116 Å². The molecule has 0 aliphatic carbocycles. The minimum atomic E-state index is -1.25. The maximum atomic E-state index is 12.5. The van der Waals surface area contributed by atoms with Crippen LogP contribution in [0.4, 0.5) is 5.82 Å².